The van der Waals surface area contributed by atoms with Gasteiger partial charge in [-0.1, -0.05) is 32.6 Å². The highest BCUT2D eigenvalue weighted by Crippen LogP contribution is 2.38. The molecular formula is C19H29N3O5. The summed E-state index contributed by atoms with van der Waals surface area (Å²) in [5, 5.41) is 2.80. The second-order valence-electron chi connectivity index (χ2n) is 7.90. The van der Waals surface area contributed by atoms with E-state index in [1.165, 1.54) is 0 Å². The number of carbonyl (C=O) groups is 4. The van der Waals surface area contributed by atoms with Gasteiger partial charge in [0.15, 0.2) is 6.61 Å². The molecule has 1 spiro atoms. The summed E-state index contributed by atoms with van der Waals surface area (Å²) in [5.41, 5.74) is -0.891. The first-order valence-electron chi connectivity index (χ1n) is 10.0. The van der Waals surface area contributed by atoms with Crippen LogP contribution < -0.4 is 5.32 Å². The third-order valence-electron chi connectivity index (χ3n) is 6.10. The molecule has 0 bridgehead atoms. The zero-order valence-corrected chi connectivity index (χ0v) is 16.0. The van der Waals surface area contributed by atoms with E-state index in [9.17, 15) is 19.2 Å². The largest absolute Gasteiger partial charge is 0.454 e. The third-order valence-corrected chi connectivity index (χ3v) is 6.10. The van der Waals surface area contributed by atoms with Crippen LogP contribution in [0.4, 0.5) is 4.79 Å². The van der Waals surface area contributed by atoms with Gasteiger partial charge in [0.2, 0.25) is 0 Å². The Labute approximate surface area is 159 Å². The predicted molar refractivity (Wildman–Crippen MR) is 96.6 cm³/mol. The lowest BCUT2D eigenvalue weighted by Crippen LogP contribution is -2.54. The highest BCUT2D eigenvalue weighted by atomic mass is 16.5. The molecule has 2 heterocycles. The fourth-order valence-corrected chi connectivity index (χ4v) is 4.37. The number of hydrogen-bond acceptors (Lipinski definition) is 5. The quantitative estimate of drug-likeness (QED) is 0.589. The number of imide groups is 1. The minimum Gasteiger partial charge on any atom is -0.454 e. The van der Waals surface area contributed by atoms with Crippen LogP contribution in [0.3, 0.4) is 0 Å². The van der Waals surface area contributed by atoms with Crippen LogP contribution in [0.1, 0.15) is 58.3 Å². The van der Waals surface area contributed by atoms with Crippen LogP contribution in [-0.4, -0.2) is 65.4 Å². The first-order chi connectivity index (χ1) is 12.9. The molecule has 4 amide bonds. The molecule has 8 heteroatoms. The van der Waals surface area contributed by atoms with E-state index >= 15 is 0 Å². The summed E-state index contributed by atoms with van der Waals surface area (Å²) in [6.07, 6.45) is 7.51. The molecule has 3 rings (SSSR count). The Kier molecular flexibility index (Phi) is 6.01. The number of rotatable bonds is 4. The summed E-state index contributed by atoms with van der Waals surface area (Å²) in [7, 11) is 0. The predicted octanol–water partition coefficient (Wildman–Crippen LogP) is 1.43. The van der Waals surface area contributed by atoms with Crippen LogP contribution >= 0.6 is 0 Å². The van der Waals surface area contributed by atoms with Crippen molar-refractivity contribution < 1.29 is 23.9 Å². The maximum absolute atomic E-state index is 12.8. The van der Waals surface area contributed by atoms with Crippen LogP contribution in [0, 0.1) is 5.92 Å². The summed E-state index contributed by atoms with van der Waals surface area (Å²) >= 11 is 0. The highest BCUT2D eigenvalue weighted by molar-refractivity contribution is 6.09. The van der Waals surface area contributed by atoms with E-state index in [-0.39, 0.29) is 24.3 Å². The second-order valence-corrected chi connectivity index (χ2v) is 7.90. The molecule has 8 nitrogen and oxygen atoms in total. The number of likely N-dealkylation sites (tertiary alicyclic amines) is 1. The SMILES string of the molecule is C[C@H]1CCCC[C@@]12NC(=O)N(CC(=O)OCC(=O)N1CCCCCC1)C2=O. The van der Waals surface area contributed by atoms with E-state index in [0.29, 0.717) is 19.5 Å². The van der Waals surface area contributed by atoms with E-state index in [1.54, 1.807) is 4.90 Å². The van der Waals surface area contributed by atoms with Crippen molar-refractivity contribution in [3.05, 3.63) is 0 Å². The van der Waals surface area contributed by atoms with Gasteiger partial charge in [-0.05, 0) is 31.6 Å². The van der Waals surface area contributed by atoms with Crippen LogP contribution in [-0.2, 0) is 19.1 Å². The molecule has 0 unspecified atom stereocenters. The van der Waals surface area contributed by atoms with Crippen molar-refractivity contribution in [2.75, 3.05) is 26.2 Å². The average Bonchev–Trinajstić information content (AvgIpc) is 2.85. The molecule has 1 saturated carbocycles. The van der Waals surface area contributed by atoms with Crippen molar-refractivity contribution in [1.82, 2.24) is 15.1 Å². The van der Waals surface area contributed by atoms with Crippen molar-refractivity contribution in [3.63, 3.8) is 0 Å². The number of nitrogens with one attached hydrogen (secondary N) is 1. The zero-order valence-electron chi connectivity index (χ0n) is 16.0. The lowest BCUT2D eigenvalue weighted by molar-refractivity contribution is -0.154. The fraction of sp³-hybridized carbons (Fsp3) is 0.789. The van der Waals surface area contributed by atoms with Crippen LogP contribution in [0.5, 0.6) is 0 Å². The van der Waals surface area contributed by atoms with Gasteiger partial charge in [-0.15, -0.1) is 0 Å². The topological polar surface area (TPSA) is 96.0 Å². The zero-order chi connectivity index (χ0) is 19.4. The number of amides is 4. The van der Waals surface area contributed by atoms with Crippen molar-refractivity contribution >= 4 is 23.8 Å². The Hall–Kier alpha value is -2.12. The average molecular weight is 379 g/mol. The molecule has 0 aromatic heterocycles. The van der Waals surface area contributed by atoms with Crippen LogP contribution in [0.2, 0.25) is 0 Å². The first kappa shape index (κ1) is 19.6. The Bertz CT molecular complexity index is 614. The molecule has 1 N–H and O–H groups in total. The minimum absolute atomic E-state index is 0.0355. The normalized spacial score (nSPS) is 28.9. The van der Waals surface area contributed by atoms with Gasteiger partial charge in [0.25, 0.3) is 11.8 Å². The summed E-state index contributed by atoms with van der Waals surface area (Å²) in [4.78, 5) is 52.1. The van der Waals surface area contributed by atoms with E-state index in [0.717, 1.165) is 49.8 Å². The monoisotopic (exact) mass is 379 g/mol. The molecular weight excluding hydrogens is 350 g/mol. The van der Waals surface area contributed by atoms with E-state index < -0.39 is 24.1 Å². The molecule has 0 aromatic rings. The summed E-state index contributed by atoms with van der Waals surface area (Å²) in [6, 6.07) is -0.551. The van der Waals surface area contributed by atoms with Gasteiger partial charge in [-0.3, -0.25) is 19.3 Å². The van der Waals surface area contributed by atoms with E-state index in [1.807, 2.05) is 6.92 Å². The first-order valence-corrected chi connectivity index (χ1v) is 10.0. The number of ether oxygens (including phenoxy) is 1. The standard InChI is InChI=1S/C19H29N3O5/c1-14-8-4-5-9-19(14)17(25)22(18(26)20-19)12-16(24)27-13-15(23)21-10-6-2-3-7-11-21/h14H,2-13H2,1H3,(H,20,26)/t14-,19+/m0/s1. The lowest BCUT2D eigenvalue weighted by atomic mass is 9.73. The Morgan fingerprint density at radius 3 is 2.48 bits per heavy atom. The number of carbonyl (C=O) groups excluding carboxylic acids is 4. The van der Waals surface area contributed by atoms with Crippen molar-refractivity contribution in [2.24, 2.45) is 5.92 Å². The smallest absolute Gasteiger partial charge is 0.326 e. The Morgan fingerprint density at radius 2 is 1.81 bits per heavy atom. The maximum atomic E-state index is 12.8. The number of esters is 1. The van der Waals surface area contributed by atoms with Gasteiger partial charge in [0.1, 0.15) is 12.1 Å². The van der Waals surface area contributed by atoms with Crippen molar-refractivity contribution in [2.45, 2.75) is 63.8 Å². The second kappa shape index (κ2) is 8.27. The molecule has 2 aliphatic heterocycles. The molecule has 2 saturated heterocycles. The van der Waals surface area contributed by atoms with Crippen molar-refractivity contribution in [1.29, 1.82) is 0 Å². The van der Waals surface area contributed by atoms with E-state index in [2.05, 4.69) is 5.32 Å². The number of nitrogens with zero attached hydrogens (tertiary/aromatic N) is 2. The molecule has 150 valence electrons. The molecule has 27 heavy (non-hydrogen) atoms. The summed E-state index contributed by atoms with van der Waals surface area (Å²) < 4.78 is 5.06. The van der Waals surface area contributed by atoms with Gasteiger partial charge >= 0.3 is 12.0 Å². The van der Waals surface area contributed by atoms with Crippen LogP contribution in [0.15, 0.2) is 0 Å². The highest BCUT2D eigenvalue weighted by Gasteiger charge is 2.55. The van der Waals surface area contributed by atoms with Gasteiger partial charge in [-0.25, -0.2) is 4.79 Å². The van der Waals surface area contributed by atoms with Gasteiger partial charge in [0.05, 0.1) is 0 Å². The van der Waals surface area contributed by atoms with Gasteiger partial charge in [-0.2, -0.15) is 0 Å². The summed E-state index contributed by atoms with van der Waals surface area (Å²) in [6.45, 7) is 2.53. The number of hydrogen-bond donors (Lipinski definition) is 1. The fourth-order valence-electron chi connectivity index (χ4n) is 4.37. The third kappa shape index (κ3) is 4.09. The van der Waals surface area contributed by atoms with Gasteiger partial charge < -0.3 is 15.0 Å². The Morgan fingerprint density at radius 1 is 1.11 bits per heavy atom. The molecule has 3 aliphatic rings. The minimum atomic E-state index is -0.891. The van der Waals surface area contributed by atoms with Gasteiger partial charge in [0, 0.05) is 13.1 Å². The van der Waals surface area contributed by atoms with Crippen molar-refractivity contribution in [3.8, 4) is 0 Å². The maximum Gasteiger partial charge on any atom is 0.326 e. The lowest BCUT2D eigenvalue weighted by Gasteiger charge is -2.36. The number of urea groups is 1. The molecule has 0 radical (unpaired) electrons. The summed E-state index contributed by atoms with van der Waals surface area (Å²) in [5.74, 6) is -1.27. The molecule has 3 fully saturated rings. The molecule has 2 atom stereocenters. The Balaban J connectivity index is 1.52. The van der Waals surface area contributed by atoms with Crippen LogP contribution in [0.25, 0.3) is 0 Å². The van der Waals surface area contributed by atoms with E-state index in [4.69, 9.17) is 4.74 Å². The molecule has 1 aliphatic carbocycles. The molecule has 0 aromatic carbocycles.